The van der Waals surface area contributed by atoms with Crippen LogP contribution in [0, 0.1) is 0 Å². The quantitative estimate of drug-likeness (QED) is 0.929. The molecule has 0 saturated carbocycles. The van der Waals surface area contributed by atoms with Gasteiger partial charge in [-0.3, -0.25) is 4.90 Å². The molecule has 2 bridgehead atoms. The maximum Gasteiger partial charge on any atom is 0.0707 e. The Morgan fingerprint density at radius 2 is 1.79 bits per heavy atom. The Hall–Kier alpha value is -0.420. The Bertz CT molecular complexity index is 422. The lowest BCUT2D eigenvalue weighted by molar-refractivity contribution is -0.0559. The second kappa shape index (κ2) is 5.52. The van der Waals surface area contributed by atoms with Crippen LogP contribution in [0.1, 0.15) is 31.4 Å². The standard InChI is InChI=1S/C15H21BrN2O/c1-10(17)15(11-2-4-12(16)5-3-11)18-8-13-6-7-14(9-18)19-13/h2-5,10,13-15H,6-9,17H2,1H3. The molecule has 2 aliphatic rings. The molecule has 104 valence electrons. The van der Waals surface area contributed by atoms with Gasteiger partial charge in [-0.1, -0.05) is 28.1 Å². The number of halogens is 1. The van der Waals surface area contributed by atoms with E-state index in [-0.39, 0.29) is 6.04 Å². The first kappa shape index (κ1) is 13.6. The van der Waals surface area contributed by atoms with Crippen molar-refractivity contribution in [2.24, 2.45) is 5.73 Å². The predicted molar refractivity (Wildman–Crippen MR) is 80.0 cm³/mol. The van der Waals surface area contributed by atoms with Gasteiger partial charge in [-0.25, -0.2) is 0 Å². The third-order valence-electron chi connectivity index (χ3n) is 4.17. The topological polar surface area (TPSA) is 38.5 Å². The molecular formula is C15H21BrN2O. The lowest BCUT2D eigenvalue weighted by atomic mass is 9.98. The van der Waals surface area contributed by atoms with Crippen LogP contribution in [0.2, 0.25) is 0 Å². The zero-order valence-corrected chi connectivity index (χ0v) is 12.8. The van der Waals surface area contributed by atoms with E-state index >= 15 is 0 Å². The van der Waals surface area contributed by atoms with Crippen LogP contribution in [0.5, 0.6) is 0 Å². The fraction of sp³-hybridized carbons (Fsp3) is 0.600. The number of likely N-dealkylation sites (tertiary alicyclic amines) is 1. The molecule has 19 heavy (non-hydrogen) atoms. The van der Waals surface area contributed by atoms with Crippen molar-refractivity contribution in [2.75, 3.05) is 13.1 Å². The van der Waals surface area contributed by atoms with Gasteiger partial charge in [-0.2, -0.15) is 0 Å². The molecular weight excluding hydrogens is 304 g/mol. The van der Waals surface area contributed by atoms with E-state index < -0.39 is 0 Å². The fourth-order valence-corrected chi connectivity index (χ4v) is 3.64. The molecule has 4 atom stereocenters. The molecule has 0 spiro atoms. The molecule has 2 aliphatic heterocycles. The summed E-state index contributed by atoms with van der Waals surface area (Å²) < 4.78 is 7.04. The molecule has 4 unspecified atom stereocenters. The Morgan fingerprint density at radius 3 is 2.32 bits per heavy atom. The molecule has 0 radical (unpaired) electrons. The monoisotopic (exact) mass is 324 g/mol. The SMILES string of the molecule is CC(N)C(c1ccc(Br)cc1)N1CC2CCC(C1)O2. The maximum absolute atomic E-state index is 6.25. The van der Waals surface area contributed by atoms with E-state index in [4.69, 9.17) is 10.5 Å². The predicted octanol–water partition coefficient (Wildman–Crippen LogP) is 2.70. The minimum absolute atomic E-state index is 0.124. The van der Waals surface area contributed by atoms with Crippen molar-refractivity contribution in [2.45, 2.75) is 44.1 Å². The smallest absolute Gasteiger partial charge is 0.0707 e. The molecule has 2 heterocycles. The highest BCUT2D eigenvalue weighted by Crippen LogP contribution is 2.33. The van der Waals surface area contributed by atoms with E-state index in [0.29, 0.717) is 18.2 Å². The third-order valence-corrected chi connectivity index (χ3v) is 4.70. The van der Waals surface area contributed by atoms with Gasteiger partial charge in [0, 0.05) is 29.6 Å². The summed E-state index contributed by atoms with van der Waals surface area (Å²) >= 11 is 3.49. The summed E-state index contributed by atoms with van der Waals surface area (Å²) in [5.41, 5.74) is 7.56. The van der Waals surface area contributed by atoms with E-state index in [1.807, 2.05) is 0 Å². The summed E-state index contributed by atoms with van der Waals surface area (Å²) in [4.78, 5) is 2.51. The van der Waals surface area contributed by atoms with E-state index in [9.17, 15) is 0 Å². The van der Waals surface area contributed by atoms with E-state index in [0.717, 1.165) is 17.6 Å². The fourth-order valence-electron chi connectivity index (χ4n) is 3.38. The highest BCUT2D eigenvalue weighted by Gasteiger charge is 2.37. The Morgan fingerprint density at radius 1 is 1.21 bits per heavy atom. The number of hydrogen-bond donors (Lipinski definition) is 1. The lowest BCUT2D eigenvalue weighted by Crippen LogP contribution is -2.48. The number of rotatable bonds is 3. The van der Waals surface area contributed by atoms with Crippen LogP contribution in [0.3, 0.4) is 0 Å². The first-order valence-electron chi connectivity index (χ1n) is 7.04. The number of benzene rings is 1. The summed E-state index contributed by atoms with van der Waals surface area (Å²) in [5.74, 6) is 0. The molecule has 2 fully saturated rings. The molecule has 3 rings (SSSR count). The maximum atomic E-state index is 6.25. The molecule has 0 aliphatic carbocycles. The zero-order chi connectivity index (χ0) is 13.4. The van der Waals surface area contributed by atoms with Gasteiger partial charge >= 0.3 is 0 Å². The van der Waals surface area contributed by atoms with Crippen LogP contribution in [-0.4, -0.2) is 36.2 Å². The van der Waals surface area contributed by atoms with Crippen molar-refractivity contribution >= 4 is 15.9 Å². The van der Waals surface area contributed by atoms with Crippen molar-refractivity contribution in [3.63, 3.8) is 0 Å². The average Bonchev–Trinajstić information content (AvgIpc) is 2.71. The highest BCUT2D eigenvalue weighted by molar-refractivity contribution is 9.10. The summed E-state index contributed by atoms with van der Waals surface area (Å²) in [7, 11) is 0. The van der Waals surface area contributed by atoms with Crippen LogP contribution in [0.25, 0.3) is 0 Å². The van der Waals surface area contributed by atoms with Crippen LogP contribution in [0.15, 0.2) is 28.7 Å². The van der Waals surface area contributed by atoms with Gasteiger partial charge in [0.1, 0.15) is 0 Å². The van der Waals surface area contributed by atoms with Crippen molar-refractivity contribution < 1.29 is 4.74 Å². The van der Waals surface area contributed by atoms with E-state index in [2.05, 4.69) is 52.0 Å². The molecule has 2 saturated heterocycles. The van der Waals surface area contributed by atoms with Gasteiger partial charge in [-0.15, -0.1) is 0 Å². The van der Waals surface area contributed by atoms with Crippen LogP contribution in [0.4, 0.5) is 0 Å². The lowest BCUT2D eigenvalue weighted by Gasteiger charge is -2.40. The molecule has 0 aromatic heterocycles. The first-order chi connectivity index (χ1) is 9.13. The number of morpholine rings is 1. The van der Waals surface area contributed by atoms with Crippen LogP contribution >= 0.6 is 15.9 Å². The molecule has 1 aromatic rings. The van der Waals surface area contributed by atoms with Gasteiger partial charge in [0.05, 0.1) is 12.2 Å². The number of ether oxygens (including phenoxy) is 1. The van der Waals surface area contributed by atoms with Crippen molar-refractivity contribution in [1.82, 2.24) is 4.90 Å². The summed E-state index contributed by atoms with van der Waals surface area (Å²) in [6.07, 6.45) is 3.23. The second-order valence-corrected chi connectivity index (χ2v) is 6.68. The van der Waals surface area contributed by atoms with Crippen molar-refractivity contribution in [3.05, 3.63) is 34.3 Å². The van der Waals surface area contributed by atoms with Crippen molar-refractivity contribution in [3.8, 4) is 0 Å². The van der Waals surface area contributed by atoms with Gasteiger partial charge < -0.3 is 10.5 Å². The number of hydrogen-bond acceptors (Lipinski definition) is 3. The summed E-state index contributed by atoms with van der Waals surface area (Å²) in [6, 6.07) is 8.96. The zero-order valence-electron chi connectivity index (χ0n) is 11.3. The normalized spacial score (nSPS) is 30.3. The minimum atomic E-state index is 0.124. The average molecular weight is 325 g/mol. The Labute approximate surface area is 123 Å². The molecule has 4 heteroatoms. The highest BCUT2D eigenvalue weighted by atomic mass is 79.9. The molecule has 2 N–H and O–H groups in total. The second-order valence-electron chi connectivity index (χ2n) is 5.77. The summed E-state index contributed by atoms with van der Waals surface area (Å²) in [6.45, 7) is 4.13. The summed E-state index contributed by atoms with van der Waals surface area (Å²) in [5, 5.41) is 0. The van der Waals surface area contributed by atoms with Crippen LogP contribution < -0.4 is 5.73 Å². The minimum Gasteiger partial charge on any atom is -0.372 e. The Kier molecular flexibility index (Phi) is 3.94. The van der Waals surface area contributed by atoms with E-state index in [1.54, 1.807) is 0 Å². The first-order valence-corrected chi connectivity index (χ1v) is 7.83. The van der Waals surface area contributed by atoms with E-state index in [1.165, 1.54) is 18.4 Å². The third kappa shape index (κ3) is 2.87. The molecule has 3 nitrogen and oxygen atoms in total. The van der Waals surface area contributed by atoms with Gasteiger partial charge in [0.25, 0.3) is 0 Å². The molecule has 0 amide bonds. The van der Waals surface area contributed by atoms with Gasteiger partial charge in [-0.05, 0) is 37.5 Å². The van der Waals surface area contributed by atoms with Gasteiger partial charge in [0.2, 0.25) is 0 Å². The van der Waals surface area contributed by atoms with Gasteiger partial charge in [0.15, 0.2) is 0 Å². The molecule has 1 aromatic carbocycles. The largest absolute Gasteiger partial charge is 0.372 e. The number of nitrogens with zero attached hydrogens (tertiary/aromatic N) is 1. The number of nitrogens with two attached hydrogens (primary N) is 1. The van der Waals surface area contributed by atoms with Crippen molar-refractivity contribution in [1.29, 1.82) is 0 Å². The number of fused-ring (bicyclic) bond motifs is 2. The Balaban J connectivity index is 1.83. The van der Waals surface area contributed by atoms with Crippen LogP contribution in [-0.2, 0) is 4.74 Å².